The molecule has 7 nitrogen and oxygen atoms in total. The van der Waals surface area contributed by atoms with Crippen molar-refractivity contribution in [3.8, 4) is 5.75 Å². The lowest BCUT2D eigenvalue weighted by Gasteiger charge is -2.31. The van der Waals surface area contributed by atoms with Gasteiger partial charge in [0.05, 0.1) is 25.2 Å². The Labute approximate surface area is 150 Å². The highest BCUT2D eigenvalue weighted by molar-refractivity contribution is 6.05. The highest BCUT2D eigenvalue weighted by Gasteiger charge is 2.30. The van der Waals surface area contributed by atoms with Crippen LogP contribution in [0, 0.1) is 5.92 Å². The number of ether oxygens (including phenoxy) is 2. The number of likely N-dealkylation sites (tertiary alicyclic amines) is 1. The van der Waals surface area contributed by atoms with Gasteiger partial charge in [-0.25, -0.2) is 4.79 Å². The Balaban J connectivity index is 1.92. The number of fused-ring (bicyclic) bond motifs is 1. The van der Waals surface area contributed by atoms with Crippen molar-refractivity contribution >= 4 is 22.8 Å². The summed E-state index contributed by atoms with van der Waals surface area (Å²) in [6.45, 7) is 2.89. The van der Waals surface area contributed by atoms with Gasteiger partial charge in [-0.3, -0.25) is 9.59 Å². The lowest BCUT2D eigenvalue weighted by atomic mass is 9.97. The zero-order chi connectivity index (χ0) is 18.7. The van der Waals surface area contributed by atoms with Crippen LogP contribution in [0.15, 0.2) is 33.5 Å². The number of carbonyl (C=O) groups excluding carboxylic acids is 2. The quantitative estimate of drug-likeness (QED) is 0.615. The van der Waals surface area contributed by atoms with E-state index < -0.39 is 5.63 Å². The number of nitrogens with zero attached hydrogens (tertiary/aromatic N) is 1. The summed E-state index contributed by atoms with van der Waals surface area (Å²) in [6, 6.07) is 6.17. The molecule has 1 unspecified atom stereocenters. The molecular weight excluding hydrogens is 338 g/mol. The van der Waals surface area contributed by atoms with Crippen LogP contribution in [0.25, 0.3) is 11.0 Å². The van der Waals surface area contributed by atoms with E-state index in [0.29, 0.717) is 42.7 Å². The van der Waals surface area contributed by atoms with E-state index in [9.17, 15) is 14.4 Å². The van der Waals surface area contributed by atoms with Crippen LogP contribution in [-0.4, -0.2) is 43.6 Å². The van der Waals surface area contributed by atoms with E-state index in [-0.39, 0.29) is 29.9 Å². The van der Waals surface area contributed by atoms with Crippen LogP contribution in [0.2, 0.25) is 0 Å². The third-order valence-electron chi connectivity index (χ3n) is 4.51. The predicted molar refractivity (Wildman–Crippen MR) is 94.3 cm³/mol. The first kappa shape index (κ1) is 18.0. The molecule has 7 heteroatoms. The van der Waals surface area contributed by atoms with Gasteiger partial charge in [0.2, 0.25) is 0 Å². The third kappa shape index (κ3) is 3.56. The summed E-state index contributed by atoms with van der Waals surface area (Å²) in [4.78, 5) is 38.5. The number of amides is 1. The maximum Gasteiger partial charge on any atom is 0.337 e. The smallest absolute Gasteiger partial charge is 0.337 e. The average molecular weight is 359 g/mol. The van der Waals surface area contributed by atoms with E-state index in [1.54, 1.807) is 30.0 Å². The Morgan fingerprint density at radius 2 is 2.12 bits per heavy atom. The second-order valence-corrected chi connectivity index (χ2v) is 6.18. The van der Waals surface area contributed by atoms with Gasteiger partial charge in [0.1, 0.15) is 11.3 Å². The number of benzene rings is 1. The van der Waals surface area contributed by atoms with Crippen molar-refractivity contribution in [2.24, 2.45) is 5.92 Å². The fourth-order valence-electron chi connectivity index (χ4n) is 3.23. The maximum atomic E-state index is 13.0. The Kier molecular flexibility index (Phi) is 5.25. The number of piperidine rings is 1. The fourth-order valence-corrected chi connectivity index (χ4v) is 3.23. The molecule has 2 heterocycles. The molecule has 1 fully saturated rings. The lowest BCUT2D eigenvalue weighted by molar-refractivity contribution is -0.149. The molecule has 2 aromatic rings. The van der Waals surface area contributed by atoms with Gasteiger partial charge in [-0.15, -0.1) is 0 Å². The summed E-state index contributed by atoms with van der Waals surface area (Å²) in [5.74, 6) is -0.376. The minimum atomic E-state index is -0.604. The fraction of sp³-hybridized carbons (Fsp3) is 0.421. The summed E-state index contributed by atoms with van der Waals surface area (Å²) < 4.78 is 15.4. The van der Waals surface area contributed by atoms with Gasteiger partial charge < -0.3 is 18.8 Å². The monoisotopic (exact) mass is 359 g/mol. The standard InChI is InChI=1S/C19H21NO6/c1-3-25-19(23)12-5-4-8-20(11-12)18(22)15-10-17(21)26-16-9-13(24-2)6-7-14(15)16/h6-7,9-10,12H,3-5,8,11H2,1-2H3. The number of rotatable bonds is 4. The largest absolute Gasteiger partial charge is 0.497 e. The molecule has 0 saturated carbocycles. The zero-order valence-corrected chi connectivity index (χ0v) is 14.8. The normalized spacial score (nSPS) is 17.2. The summed E-state index contributed by atoms with van der Waals surface area (Å²) >= 11 is 0. The van der Waals surface area contributed by atoms with Gasteiger partial charge >= 0.3 is 11.6 Å². The summed E-state index contributed by atoms with van der Waals surface area (Å²) in [5, 5.41) is 0.536. The molecule has 0 N–H and O–H groups in total. The number of hydrogen-bond acceptors (Lipinski definition) is 6. The molecular formula is C19H21NO6. The Morgan fingerprint density at radius 1 is 1.31 bits per heavy atom. The number of carbonyl (C=O) groups is 2. The van der Waals surface area contributed by atoms with Crippen LogP contribution in [-0.2, 0) is 9.53 Å². The molecule has 1 aliphatic rings. The lowest BCUT2D eigenvalue weighted by Crippen LogP contribution is -2.43. The maximum absolute atomic E-state index is 13.0. The zero-order valence-electron chi connectivity index (χ0n) is 14.8. The average Bonchev–Trinajstić information content (AvgIpc) is 2.66. The van der Waals surface area contributed by atoms with E-state index in [2.05, 4.69) is 0 Å². The second kappa shape index (κ2) is 7.59. The van der Waals surface area contributed by atoms with E-state index in [1.165, 1.54) is 13.2 Å². The Morgan fingerprint density at radius 3 is 2.85 bits per heavy atom. The minimum Gasteiger partial charge on any atom is -0.497 e. The van der Waals surface area contributed by atoms with Crippen LogP contribution in [0.3, 0.4) is 0 Å². The molecule has 1 aromatic heterocycles. The molecule has 1 aliphatic heterocycles. The van der Waals surface area contributed by atoms with Gasteiger partial charge in [-0.1, -0.05) is 0 Å². The molecule has 0 radical (unpaired) electrons. The van der Waals surface area contributed by atoms with Crippen molar-refractivity contribution in [2.45, 2.75) is 19.8 Å². The summed E-state index contributed by atoms with van der Waals surface area (Å²) in [7, 11) is 1.51. The van der Waals surface area contributed by atoms with Crippen LogP contribution < -0.4 is 10.4 Å². The van der Waals surface area contributed by atoms with Crippen molar-refractivity contribution in [3.05, 3.63) is 40.2 Å². The van der Waals surface area contributed by atoms with E-state index in [4.69, 9.17) is 13.9 Å². The van der Waals surface area contributed by atoms with E-state index in [0.717, 1.165) is 0 Å². The first-order valence-electron chi connectivity index (χ1n) is 8.61. The highest BCUT2D eigenvalue weighted by atomic mass is 16.5. The third-order valence-corrected chi connectivity index (χ3v) is 4.51. The first-order valence-corrected chi connectivity index (χ1v) is 8.61. The summed E-state index contributed by atoms with van der Waals surface area (Å²) in [5.41, 5.74) is -0.0457. The SMILES string of the molecule is CCOC(=O)C1CCCN(C(=O)c2cc(=O)oc3cc(OC)ccc23)C1. The van der Waals surface area contributed by atoms with E-state index in [1.807, 2.05) is 0 Å². The molecule has 1 saturated heterocycles. The molecule has 26 heavy (non-hydrogen) atoms. The predicted octanol–water partition coefficient (Wildman–Crippen LogP) is 2.22. The number of methoxy groups -OCH3 is 1. The molecule has 0 aliphatic carbocycles. The topological polar surface area (TPSA) is 86.0 Å². The van der Waals surface area contributed by atoms with Crippen LogP contribution >= 0.6 is 0 Å². The minimum absolute atomic E-state index is 0.267. The molecule has 138 valence electrons. The molecule has 0 bridgehead atoms. The van der Waals surface area contributed by atoms with Gasteiger partial charge in [0.15, 0.2) is 0 Å². The van der Waals surface area contributed by atoms with E-state index >= 15 is 0 Å². The molecule has 1 aromatic carbocycles. The van der Waals surface area contributed by atoms with Gasteiger partial charge in [0.25, 0.3) is 5.91 Å². The Hall–Kier alpha value is -2.83. The molecule has 0 spiro atoms. The first-order chi connectivity index (χ1) is 12.5. The van der Waals surface area contributed by atoms with Crippen molar-refractivity contribution in [1.29, 1.82) is 0 Å². The van der Waals surface area contributed by atoms with Crippen LogP contribution in [0.5, 0.6) is 5.75 Å². The van der Waals surface area contributed by atoms with Crippen molar-refractivity contribution in [2.75, 3.05) is 26.8 Å². The Bertz CT molecular complexity index is 887. The molecule has 1 amide bonds. The van der Waals surface area contributed by atoms with Gasteiger partial charge in [-0.05, 0) is 31.9 Å². The van der Waals surface area contributed by atoms with Crippen LogP contribution in [0.1, 0.15) is 30.1 Å². The number of hydrogen-bond donors (Lipinski definition) is 0. The van der Waals surface area contributed by atoms with Crippen molar-refractivity contribution < 1.29 is 23.5 Å². The van der Waals surface area contributed by atoms with Crippen molar-refractivity contribution in [1.82, 2.24) is 4.90 Å². The van der Waals surface area contributed by atoms with Crippen LogP contribution in [0.4, 0.5) is 0 Å². The van der Waals surface area contributed by atoms with Gasteiger partial charge in [-0.2, -0.15) is 0 Å². The highest BCUT2D eigenvalue weighted by Crippen LogP contribution is 2.25. The second-order valence-electron chi connectivity index (χ2n) is 6.18. The van der Waals surface area contributed by atoms with Gasteiger partial charge in [0, 0.05) is 30.6 Å². The number of esters is 1. The van der Waals surface area contributed by atoms with Crippen molar-refractivity contribution in [3.63, 3.8) is 0 Å². The molecule has 3 rings (SSSR count). The molecule has 1 atom stereocenters. The summed E-state index contributed by atoms with van der Waals surface area (Å²) in [6.07, 6.45) is 1.40.